The first kappa shape index (κ1) is 28.2. The van der Waals surface area contributed by atoms with Gasteiger partial charge in [-0.05, 0) is 48.7 Å². The SMILES string of the molecule is O=C(O)c1ccc2nc(CN3CC=C(c4nc(OCc5ccc(Cl)cc5F)c(F)cc4F)CC3)n(CC3CCO3)c2c1. The lowest BCUT2D eigenvalue weighted by atomic mass is 10.0. The van der Waals surface area contributed by atoms with Gasteiger partial charge in [-0.15, -0.1) is 0 Å². The highest BCUT2D eigenvalue weighted by Crippen LogP contribution is 2.29. The van der Waals surface area contributed by atoms with Crippen LogP contribution in [0.5, 0.6) is 5.88 Å². The highest BCUT2D eigenvalue weighted by molar-refractivity contribution is 6.30. The summed E-state index contributed by atoms with van der Waals surface area (Å²) in [7, 11) is 0. The van der Waals surface area contributed by atoms with Gasteiger partial charge in [0.1, 0.15) is 23.9 Å². The molecule has 4 aromatic rings. The number of hydrogen-bond donors (Lipinski definition) is 1. The highest BCUT2D eigenvalue weighted by Gasteiger charge is 2.25. The Kier molecular flexibility index (Phi) is 7.89. The number of nitrogens with zero attached hydrogens (tertiary/aromatic N) is 4. The normalized spacial score (nSPS) is 17.2. The minimum atomic E-state index is -1.01. The largest absolute Gasteiger partial charge is 0.478 e. The lowest BCUT2D eigenvalue weighted by molar-refractivity contribution is -0.0591. The summed E-state index contributed by atoms with van der Waals surface area (Å²) < 4.78 is 56.4. The number of imidazole rings is 1. The predicted molar refractivity (Wildman–Crippen MR) is 149 cm³/mol. The molecule has 1 unspecified atom stereocenters. The summed E-state index contributed by atoms with van der Waals surface area (Å²) in [6.45, 7) is 2.46. The number of rotatable bonds is 9. The van der Waals surface area contributed by atoms with Gasteiger partial charge in [0.05, 0.1) is 35.8 Å². The Morgan fingerprint density at radius 3 is 2.62 bits per heavy atom. The van der Waals surface area contributed by atoms with E-state index in [2.05, 4.69) is 9.88 Å². The Labute approximate surface area is 244 Å². The molecule has 1 saturated heterocycles. The molecule has 0 saturated carbocycles. The molecule has 6 rings (SSSR count). The van der Waals surface area contributed by atoms with Gasteiger partial charge in [-0.2, -0.15) is 0 Å². The van der Waals surface area contributed by atoms with E-state index in [1.165, 1.54) is 18.2 Å². The molecular formula is C30H26ClF3N4O4. The quantitative estimate of drug-likeness (QED) is 0.258. The van der Waals surface area contributed by atoms with E-state index in [1.807, 2.05) is 10.6 Å². The lowest BCUT2D eigenvalue weighted by Gasteiger charge is -2.29. The molecule has 42 heavy (non-hydrogen) atoms. The van der Waals surface area contributed by atoms with Crippen molar-refractivity contribution in [1.29, 1.82) is 0 Å². The van der Waals surface area contributed by atoms with Gasteiger partial charge in [0.15, 0.2) is 11.6 Å². The lowest BCUT2D eigenvalue weighted by Crippen LogP contribution is -2.33. The van der Waals surface area contributed by atoms with Crippen LogP contribution in [0.15, 0.2) is 48.5 Å². The fourth-order valence-corrected chi connectivity index (χ4v) is 5.25. The number of pyridine rings is 1. The van der Waals surface area contributed by atoms with Crippen molar-refractivity contribution in [3.8, 4) is 5.88 Å². The molecule has 0 spiro atoms. The zero-order valence-corrected chi connectivity index (χ0v) is 23.1. The maximum Gasteiger partial charge on any atom is 0.335 e. The maximum absolute atomic E-state index is 14.8. The maximum atomic E-state index is 14.8. The zero-order valence-electron chi connectivity index (χ0n) is 22.3. The first-order chi connectivity index (χ1) is 20.2. The summed E-state index contributed by atoms with van der Waals surface area (Å²) in [4.78, 5) is 22.6. The van der Waals surface area contributed by atoms with Crippen LogP contribution in [-0.4, -0.2) is 56.3 Å². The molecule has 0 radical (unpaired) electrons. The van der Waals surface area contributed by atoms with Crippen LogP contribution < -0.4 is 4.74 Å². The Morgan fingerprint density at radius 1 is 1.10 bits per heavy atom. The Morgan fingerprint density at radius 2 is 1.93 bits per heavy atom. The molecule has 0 aliphatic carbocycles. The third-order valence-electron chi connectivity index (χ3n) is 7.49. The number of hydrogen-bond acceptors (Lipinski definition) is 6. The second kappa shape index (κ2) is 11.7. The summed E-state index contributed by atoms with van der Waals surface area (Å²) in [5.41, 5.74) is 2.37. The summed E-state index contributed by atoms with van der Waals surface area (Å²) in [6, 6.07) is 9.64. The standard InChI is InChI=1S/C30H26ClF3N4O4/c31-20-3-1-19(22(32)12-20)16-42-29-24(34)13-23(33)28(36-29)17-5-8-37(9-6-17)15-27-35-25-4-2-18(30(39)40)11-26(25)38(27)14-21-7-10-41-21/h1-5,11-13,21H,6-10,14-16H2,(H,39,40). The molecule has 8 nitrogen and oxygen atoms in total. The van der Waals surface area contributed by atoms with Gasteiger partial charge in [-0.25, -0.2) is 27.9 Å². The van der Waals surface area contributed by atoms with Crippen LogP contribution in [-0.2, 0) is 24.4 Å². The van der Waals surface area contributed by atoms with E-state index in [4.69, 9.17) is 26.1 Å². The molecule has 2 aromatic carbocycles. The number of aromatic carboxylic acids is 1. The summed E-state index contributed by atoms with van der Waals surface area (Å²) in [5, 5.41) is 9.69. The molecule has 0 bridgehead atoms. The van der Waals surface area contributed by atoms with Gasteiger partial charge in [0.25, 0.3) is 5.88 Å². The van der Waals surface area contributed by atoms with Crippen LogP contribution in [0, 0.1) is 17.5 Å². The van der Waals surface area contributed by atoms with Crippen LogP contribution >= 0.6 is 11.6 Å². The third-order valence-corrected chi connectivity index (χ3v) is 7.73. The van der Waals surface area contributed by atoms with Crippen molar-refractivity contribution in [1.82, 2.24) is 19.4 Å². The average molecular weight is 599 g/mol. The number of aromatic nitrogens is 3. The average Bonchev–Trinajstić information content (AvgIpc) is 3.27. The predicted octanol–water partition coefficient (Wildman–Crippen LogP) is 5.86. The minimum absolute atomic E-state index is 0.0156. The first-order valence-corrected chi connectivity index (χ1v) is 13.8. The van der Waals surface area contributed by atoms with Crippen LogP contribution in [0.25, 0.3) is 16.6 Å². The van der Waals surface area contributed by atoms with Crippen molar-refractivity contribution < 1.29 is 32.5 Å². The molecule has 2 aliphatic heterocycles. The van der Waals surface area contributed by atoms with Crippen molar-refractivity contribution in [3.05, 3.63) is 93.7 Å². The van der Waals surface area contributed by atoms with Gasteiger partial charge in [0, 0.05) is 36.3 Å². The van der Waals surface area contributed by atoms with Crippen molar-refractivity contribution >= 4 is 34.2 Å². The van der Waals surface area contributed by atoms with Gasteiger partial charge >= 0.3 is 5.97 Å². The van der Waals surface area contributed by atoms with Crippen molar-refractivity contribution in [3.63, 3.8) is 0 Å². The summed E-state index contributed by atoms with van der Waals surface area (Å²) in [6.07, 6.45) is 3.24. The van der Waals surface area contributed by atoms with Crippen molar-refractivity contribution in [2.24, 2.45) is 0 Å². The number of fused-ring (bicyclic) bond motifs is 1. The molecule has 4 heterocycles. The number of carboxylic acids is 1. The molecule has 218 valence electrons. The Hall–Kier alpha value is -3.93. The molecule has 1 atom stereocenters. The molecular weight excluding hydrogens is 573 g/mol. The van der Waals surface area contributed by atoms with E-state index in [-0.39, 0.29) is 34.6 Å². The van der Waals surface area contributed by atoms with Gasteiger partial charge < -0.3 is 19.1 Å². The number of carboxylic acid groups (broad SMARTS) is 1. The molecule has 2 aromatic heterocycles. The number of benzene rings is 2. The Bertz CT molecular complexity index is 1710. The van der Waals surface area contributed by atoms with Crippen LogP contribution in [0.4, 0.5) is 13.2 Å². The number of ether oxygens (including phenoxy) is 2. The van der Waals surface area contributed by atoms with Crippen LogP contribution in [0.1, 0.15) is 40.3 Å². The number of halogens is 4. The molecule has 0 amide bonds. The first-order valence-electron chi connectivity index (χ1n) is 13.4. The Balaban J connectivity index is 1.19. The van der Waals surface area contributed by atoms with E-state index in [9.17, 15) is 23.1 Å². The van der Waals surface area contributed by atoms with E-state index >= 15 is 0 Å². The highest BCUT2D eigenvalue weighted by atomic mass is 35.5. The zero-order chi connectivity index (χ0) is 29.4. The van der Waals surface area contributed by atoms with E-state index in [0.717, 1.165) is 29.9 Å². The van der Waals surface area contributed by atoms with Crippen LogP contribution in [0.2, 0.25) is 5.02 Å². The topological polar surface area (TPSA) is 89.7 Å². The van der Waals surface area contributed by atoms with Gasteiger partial charge in [-0.3, -0.25) is 4.90 Å². The summed E-state index contributed by atoms with van der Waals surface area (Å²) in [5.74, 6) is -3.05. The molecule has 1 N–H and O–H groups in total. The third kappa shape index (κ3) is 5.85. The van der Waals surface area contributed by atoms with E-state index in [0.29, 0.717) is 50.3 Å². The van der Waals surface area contributed by atoms with Gasteiger partial charge in [-0.1, -0.05) is 23.7 Å². The van der Waals surface area contributed by atoms with Crippen molar-refractivity contribution in [2.75, 3.05) is 19.7 Å². The molecule has 1 fully saturated rings. The van der Waals surface area contributed by atoms with E-state index in [1.54, 1.807) is 12.1 Å². The van der Waals surface area contributed by atoms with Crippen LogP contribution in [0.3, 0.4) is 0 Å². The molecule has 12 heteroatoms. The fraction of sp³-hybridized carbons (Fsp3) is 0.300. The smallest absolute Gasteiger partial charge is 0.335 e. The second-order valence-electron chi connectivity index (χ2n) is 10.3. The summed E-state index contributed by atoms with van der Waals surface area (Å²) >= 11 is 5.78. The fourth-order valence-electron chi connectivity index (χ4n) is 5.09. The van der Waals surface area contributed by atoms with Gasteiger partial charge in [0.2, 0.25) is 0 Å². The van der Waals surface area contributed by atoms with E-state index < -0.39 is 29.3 Å². The molecule has 2 aliphatic rings. The van der Waals surface area contributed by atoms with Crippen molar-refractivity contribution in [2.45, 2.75) is 38.6 Å². The number of carbonyl (C=O) groups is 1. The minimum Gasteiger partial charge on any atom is -0.478 e. The monoisotopic (exact) mass is 598 g/mol. The second-order valence-corrected chi connectivity index (χ2v) is 10.7.